The maximum absolute atomic E-state index is 13.1. The first-order valence-corrected chi connectivity index (χ1v) is 9.17. The molecule has 0 atom stereocenters. The lowest BCUT2D eigenvalue weighted by atomic mass is 10.2. The second-order valence-electron chi connectivity index (χ2n) is 6.82. The van der Waals surface area contributed by atoms with Gasteiger partial charge in [0.2, 0.25) is 0 Å². The number of aryl methyl sites for hydroxylation is 1. The summed E-state index contributed by atoms with van der Waals surface area (Å²) in [6.45, 7) is 0. The lowest BCUT2D eigenvalue weighted by Gasteiger charge is -2.14. The number of nitrogens with one attached hydrogen (secondary N) is 2. The van der Waals surface area contributed by atoms with Gasteiger partial charge in [0.1, 0.15) is 11.6 Å². The number of carbonyl (C=O) groups is 1. The maximum Gasteiger partial charge on any atom is 0.294 e. The van der Waals surface area contributed by atoms with Crippen molar-refractivity contribution in [3.63, 3.8) is 0 Å². The zero-order valence-corrected chi connectivity index (χ0v) is 15.7. The molecule has 0 saturated heterocycles. The first-order chi connectivity index (χ1) is 14.0. The molecule has 1 aliphatic rings. The highest BCUT2D eigenvalue weighted by atomic mass is 19.1. The zero-order chi connectivity index (χ0) is 20.4. The molecule has 1 heterocycles. The number of anilines is 2. The molecule has 0 radical (unpaired) electrons. The molecular weight excluding hydrogens is 375 g/mol. The molecule has 148 valence electrons. The average molecular weight is 394 g/mol. The van der Waals surface area contributed by atoms with Crippen molar-refractivity contribution >= 4 is 17.3 Å². The van der Waals surface area contributed by atoms with E-state index < -0.39 is 5.56 Å². The van der Waals surface area contributed by atoms with Gasteiger partial charge >= 0.3 is 0 Å². The Hall–Kier alpha value is -3.68. The molecule has 0 aliphatic heterocycles. The van der Waals surface area contributed by atoms with E-state index in [-0.39, 0.29) is 29.2 Å². The van der Waals surface area contributed by atoms with Gasteiger partial charge in [0.25, 0.3) is 11.5 Å². The van der Waals surface area contributed by atoms with Crippen molar-refractivity contribution in [3.05, 3.63) is 76.5 Å². The van der Waals surface area contributed by atoms with Crippen molar-refractivity contribution in [1.82, 2.24) is 15.1 Å². The Kier molecular flexibility index (Phi) is 4.99. The minimum atomic E-state index is -0.405. The Labute approximate surface area is 166 Å². The van der Waals surface area contributed by atoms with Crippen LogP contribution in [-0.4, -0.2) is 21.7 Å². The van der Waals surface area contributed by atoms with Crippen LogP contribution in [0.2, 0.25) is 0 Å². The number of halogens is 1. The summed E-state index contributed by atoms with van der Waals surface area (Å²) < 4.78 is 20.0. The summed E-state index contributed by atoms with van der Waals surface area (Å²) in [6.07, 6.45) is 3.40. The predicted molar refractivity (Wildman–Crippen MR) is 106 cm³/mol. The molecule has 4 rings (SSSR count). The molecule has 1 fully saturated rings. The number of nitrogens with zero attached hydrogens (tertiary/aromatic N) is 2. The largest absolute Gasteiger partial charge is 0.453 e. The average Bonchev–Trinajstić information content (AvgIpc) is 3.53. The fourth-order valence-corrected chi connectivity index (χ4v) is 2.72. The second-order valence-corrected chi connectivity index (χ2v) is 6.82. The molecule has 7 nitrogen and oxygen atoms in total. The number of rotatable bonds is 6. The van der Waals surface area contributed by atoms with E-state index in [9.17, 15) is 14.0 Å². The van der Waals surface area contributed by atoms with Crippen LogP contribution in [-0.2, 0) is 7.05 Å². The third-order valence-corrected chi connectivity index (χ3v) is 4.45. The highest BCUT2D eigenvalue weighted by molar-refractivity contribution is 5.95. The fraction of sp³-hybridized carbons (Fsp3) is 0.190. The number of amides is 1. The van der Waals surface area contributed by atoms with Crippen molar-refractivity contribution in [2.75, 3.05) is 5.32 Å². The molecule has 2 N–H and O–H groups in total. The first kappa shape index (κ1) is 18.7. The lowest BCUT2D eigenvalue weighted by molar-refractivity contribution is 0.0951. The second kappa shape index (κ2) is 7.75. The topological polar surface area (TPSA) is 85.2 Å². The molecule has 0 bridgehead atoms. The van der Waals surface area contributed by atoms with Gasteiger partial charge in [-0.1, -0.05) is 6.07 Å². The Morgan fingerprint density at radius 2 is 1.97 bits per heavy atom. The number of ether oxygens (including phenoxy) is 1. The molecule has 1 aromatic heterocycles. The predicted octanol–water partition coefficient (Wildman–Crippen LogP) is 3.35. The standard InChI is InChI=1S/C21H19FN4O3/c1-26-21(28)19(18(12-23-26)29-17-9-5-14(22)6-10-17)24-16-4-2-3-13(11-16)20(27)25-15-7-8-15/h2-6,9-12,15,24H,7-8H2,1H3,(H,25,27). The van der Waals surface area contributed by atoms with Gasteiger partial charge in [0.05, 0.1) is 6.20 Å². The molecule has 1 saturated carbocycles. The normalized spacial score (nSPS) is 13.0. The van der Waals surface area contributed by atoms with E-state index in [0.717, 1.165) is 12.8 Å². The van der Waals surface area contributed by atoms with E-state index >= 15 is 0 Å². The lowest BCUT2D eigenvalue weighted by Crippen LogP contribution is -2.25. The molecule has 1 aliphatic carbocycles. The van der Waals surface area contributed by atoms with Crippen LogP contribution < -0.4 is 20.9 Å². The summed E-state index contributed by atoms with van der Waals surface area (Å²) in [4.78, 5) is 24.9. The Bertz CT molecular complexity index is 1110. The third kappa shape index (κ3) is 4.43. The molecule has 29 heavy (non-hydrogen) atoms. The van der Waals surface area contributed by atoms with Gasteiger partial charge in [-0.25, -0.2) is 9.07 Å². The fourth-order valence-electron chi connectivity index (χ4n) is 2.72. The van der Waals surface area contributed by atoms with Crippen molar-refractivity contribution < 1.29 is 13.9 Å². The van der Waals surface area contributed by atoms with Gasteiger partial charge in [-0.3, -0.25) is 9.59 Å². The van der Waals surface area contributed by atoms with Crippen molar-refractivity contribution in [1.29, 1.82) is 0 Å². The SMILES string of the molecule is Cn1ncc(Oc2ccc(F)cc2)c(Nc2cccc(C(=O)NC3CC3)c2)c1=O. The Morgan fingerprint density at radius 1 is 1.21 bits per heavy atom. The molecule has 0 unspecified atom stereocenters. The Balaban J connectivity index is 1.62. The Morgan fingerprint density at radius 3 is 2.69 bits per heavy atom. The maximum atomic E-state index is 13.1. The number of hydrogen-bond donors (Lipinski definition) is 2. The molecule has 1 amide bonds. The van der Waals surface area contributed by atoms with E-state index in [1.165, 1.54) is 42.2 Å². The molecule has 2 aromatic carbocycles. The number of benzene rings is 2. The van der Waals surface area contributed by atoms with Gasteiger partial charge in [0.15, 0.2) is 11.4 Å². The van der Waals surface area contributed by atoms with Crippen LogP contribution in [0, 0.1) is 5.82 Å². The third-order valence-electron chi connectivity index (χ3n) is 4.45. The van der Waals surface area contributed by atoms with Crippen LogP contribution >= 0.6 is 0 Å². The zero-order valence-electron chi connectivity index (χ0n) is 15.7. The van der Waals surface area contributed by atoms with Gasteiger partial charge < -0.3 is 15.4 Å². The molecule has 0 spiro atoms. The van der Waals surface area contributed by atoms with Crippen LogP contribution in [0.25, 0.3) is 0 Å². The summed E-state index contributed by atoms with van der Waals surface area (Å²) in [6, 6.07) is 12.5. The summed E-state index contributed by atoms with van der Waals surface area (Å²) >= 11 is 0. The van der Waals surface area contributed by atoms with Gasteiger partial charge in [-0.05, 0) is 55.3 Å². The quantitative estimate of drug-likeness (QED) is 0.670. The van der Waals surface area contributed by atoms with Gasteiger partial charge in [0, 0.05) is 24.3 Å². The highest BCUT2D eigenvalue weighted by Gasteiger charge is 2.24. The van der Waals surface area contributed by atoms with E-state index in [1.54, 1.807) is 24.3 Å². The van der Waals surface area contributed by atoms with E-state index in [0.29, 0.717) is 17.0 Å². The smallest absolute Gasteiger partial charge is 0.294 e. The van der Waals surface area contributed by atoms with Gasteiger partial charge in [-0.15, -0.1) is 0 Å². The number of carbonyl (C=O) groups excluding carboxylic acids is 1. The molecule has 8 heteroatoms. The minimum Gasteiger partial charge on any atom is -0.453 e. The van der Waals surface area contributed by atoms with Crippen LogP contribution in [0.3, 0.4) is 0 Å². The first-order valence-electron chi connectivity index (χ1n) is 9.17. The van der Waals surface area contributed by atoms with Crippen LogP contribution in [0.1, 0.15) is 23.2 Å². The van der Waals surface area contributed by atoms with Crippen molar-refractivity contribution in [3.8, 4) is 11.5 Å². The number of aromatic nitrogens is 2. The summed E-state index contributed by atoms with van der Waals surface area (Å²) in [5, 5.41) is 9.94. The van der Waals surface area contributed by atoms with Crippen molar-refractivity contribution in [2.45, 2.75) is 18.9 Å². The van der Waals surface area contributed by atoms with Crippen LogP contribution in [0.5, 0.6) is 11.5 Å². The van der Waals surface area contributed by atoms with Crippen LogP contribution in [0.4, 0.5) is 15.8 Å². The summed E-state index contributed by atoms with van der Waals surface area (Å²) in [7, 11) is 1.52. The van der Waals surface area contributed by atoms with E-state index in [4.69, 9.17) is 4.74 Å². The minimum absolute atomic E-state index is 0.151. The van der Waals surface area contributed by atoms with Crippen LogP contribution in [0.15, 0.2) is 59.5 Å². The van der Waals surface area contributed by atoms with E-state index in [2.05, 4.69) is 15.7 Å². The summed E-state index contributed by atoms with van der Waals surface area (Å²) in [5.41, 5.74) is 0.804. The molecule has 3 aromatic rings. The van der Waals surface area contributed by atoms with E-state index in [1.807, 2.05) is 0 Å². The number of hydrogen-bond acceptors (Lipinski definition) is 5. The summed E-state index contributed by atoms with van der Waals surface area (Å²) in [5.74, 6) is 0.00950. The highest BCUT2D eigenvalue weighted by Crippen LogP contribution is 2.28. The molecular formula is C21H19FN4O3. The van der Waals surface area contributed by atoms with Gasteiger partial charge in [-0.2, -0.15) is 5.10 Å². The van der Waals surface area contributed by atoms with Crippen molar-refractivity contribution in [2.24, 2.45) is 7.05 Å². The monoisotopic (exact) mass is 394 g/mol.